The van der Waals surface area contributed by atoms with Crippen molar-refractivity contribution >= 4 is 50.6 Å². The van der Waals surface area contributed by atoms with E-state index in [2.05, 4.69) is 31.3 Å². The van der Waals surface area contributed by atoms with Crippen molar-refractivity contribution in [3.63, 3.8) is 0 Å². The van der Waals surface area contributed by atoms with Crippen molar-refractivity contribution < 1.29 is 14.0 Å². The molecule has 1 unspecified atom stereocenters. The van der Waals surface area contributed by atoms with Gasteiger partial charge in [-0.1, -0.05) is 22.0 Å². The molecule has 1 atom stereocenters. The van der Waals surface area contributed by atoms with Gasteiger partial charge in [-0.15, -0.1) is 11.3 Å². The van der Waals surface area contributed by atoms with Crippen LogP contribution in [0.15, 0.2) is 63.0 Å². The van der Waals surface area contributed by atoms with Gasteiger partial charge in [0.2, 0.25) is 16.9 Å². The van der Waals surface area contributed by atoms with Crippen LogP contribution in [-0.4, -0.2) is 33.1 Å². The molecule has 2 amide bonds. The lowest BCUT2D eigenvalue weighted by Gasteiger charge is -2.17. The maximum Gasteiger partial charge on any atom is 0.230 e. The van der Waals surface area contributed by atoms with Crippen molar-refractivity contribution in [2.45, 2.75) is 13.3 Å². The molecule has 3 aromatic heterocycles. The molecule has 5 rings (SSSR count). The molecular weight excluding hydrogens is 494 g/mol. The van der Waals surface area contributed by atoms with Crippen LogP contribution in [0.1, 0.15) is 12.1 Å². The molecule has 1 saturated heterocycles. The first kappa shape index (κ1) is 20.7. The highest BCUT2D eigenvalue weighted by Crippen LogP contribution is 2.30. The Morgan fingerprint density at radius 3 is 2.94 bits per heavy atom. The van der Waals surface area contributed by atoms with Gasteiger partial charge >= 0.3 is 0 Å². The predicted octanol–water partition coefficient (Wildman–Crippen LogP) is 4.65. The molecule has 0 radical (unpaired) electrons. The number of aryl methyl sites for hydroxylation is 1. The highest BCUT2D eigenvalue weighted by atomic mass is 79.9. The highest BCUT2D eigenvalue weighted by Gasteiger charge is 2.35. The number of hydrogen-bond donors (Lipinski definition) is 1. The fourth-order valence-electron chi connectivity index (χ4n) is 3.64. The van der Waals surface area contributed by atoms with Gasteiger partial charge in [0.05, 0.1) is 17.9 Å². The Morgan fingerprint density at radius 2 is 2.16 bits per heavy atom. The summed E-state index contributed by atoms with van der Waals surface area (Å²) in [7, 11) is 0. The lowest BCUT2D eigenvalue weighted by Crippen LogP contribution is -2.28. The van der Waals surface area contributed by atoms with Crippen LogP contribution in [0, 0.1) is 12.8 Å². The zero-order valence-electron chi connectivity index (χ0n) is 17.0. The molecule has 1 N–H and O–H groups in total. The van der Waals surface area contributed by atoms with Crippen LogP contribution < -0.4 is 10.2 Å². The summed E-state index contributed by atoms with van der Waals surface area (Å²) in [4.78, 5) is 31.8. The molecule has 162 valence electrons. The van der Waals surface area contributed by atoms with Gasteiger partial charge < -0.3 is 14.6 Å². The number of nitrogens with zero attached hydrogens (tertiary/aromatic N) is 4. The zero-order valence-corrected chi connectivity index (χ0v) is 19.4. The Morgan fingerprint density at radius 1 is 1.28 bits per heavy atom. The fraction of sp³-hybridized carbons (Fsp3) is 0.182. The van der Waals surface area contributed by atoms with Crippen molar-refractivity contribution in [3.05, 3.63) is 64.3 Å². The Labute approximate surface area is 196 Å². The topological polar surface area (TPSA) is 93.3 Å². The molecule has 4 heterocycles. The molecule has 1 aromatic carbocycles. The second kappa shape index (κ2) is 8.36. The van der Waals surface area contributed by atoms with E-state index in [0.29, 0.717) is 28.9 Å². The second-order valence-electron chi connectivity index (χ2n) is 7.45. The van der Waals surface area contributed by atoms with Crippen LogP contribution in [-0.2, 0) is 9.59 Å². The first-order chi connectivity index (χ1) is 15.5. The van der Waals surface area contributed by atoms with Crippen molar-refractivity contribution in [2.75, 3.05) is 16.8 Å². The van der Waals surface area contributed by atoms with E-state index in [0.717, 1.165) is 15.9 Å². The number of aromatic nitrogens is 3. The second-order valence-corrected chi connectivity index (χ2v) is 9.20. The van der Waals surface area contributed by atoms with Crippen LogP contribution in [0.5, 0.6) is 0 Å². The molecule has 0 spiro atoms. The minimum atomic E-state index is -0.458. The van der Waals surface area contributed by atoms with Crippen LogP contribution >= 0.6 is 27.3 Å². The molecular formula is C22H18BrN5O3S. The van der Waals surface area contributed by atoms with E-state index in [1.165, 1.54) is 11.3 Å². The lowest BCUT2D eigenvalue weighted by atomic mass is 10.1. The number of benzene rings is 1. The minimum absolute atomic E-state index is 0.0732. The molecule has 0 bridgehead atoms. The van der Waals surface area contributed by atoms with Crippen molar-refractivity contribution in [1.82, 2.24) is 14.8 Å². The minimum Gasteiger partial charge on any atom is -0.463 e. The van der Waals surface area contributed by atoms with E-state index in [1.54, 1.807) is 28.0 Å². The van der Waals surface area contributed by atoms with Gasteiger partial charge in [-0.3, -0.25) is 9.59 Å². The number of thiazole rings is 1. The number of amides is 2. The van der Waals surface area contributed by atoms with Gasteiger partial charge in [-0.25, -0.2) is 4.98 Å². The van der Waals surface area contributed by atoms with Crippen LogP contribution in [0.2, 0.25) is 0 Å². The van der Waals surface area contributed by atoms with E-state index in [1.807, 2.05) is 42.6 Å². The maximum atomic E-state index is 13.0. The smallest absolute Gasteiger partial charge is 0.230 e. The molecule has 1 aliphatic rings. The summed E-state index contributed by atoms with van der Waals surface area (Å²) >= 11 is 4.82. The zero-order chi connectivity index (χ0) is 22.2. The lowest BCUT2D eigenvalue weighted by molar-refractivity contribution is -0.122. The van der Waals surface area contributed by atoms with Crippen LogP contribution in [0.3, 0.4) is 0 Å². The Kier molecular flexibility index (Phi) is 5.40. The summed E-state index contributed by atoms with van der Waals surface area (Å²) in [5, 5.41) is 9.90. The molecule has 8 nitrogen and oxygen atoms in total. The van der Waals surface area contributed by atoms with Gasteiger partial charge in [-0.05, 0) is 37.3 Å². The molecule has 1 aliphatic heterocycles. The first-order valence-electron chi connectivity index (χ1n) is 9.91. The quantitative estimate of drug-likeness (QED) is 0.420. The van der Waals surface area contributed by atoms with Crippen molar-refractivity contribution in [1.29, 1.82) is 0 Å². The summed E-state index contributed by atoms with van der Waals surface area (Å²) in [6.07, 6.45) is 1.75. The van der Waals surface area contributed by atoms with Crippen molar-refractivity contribution in [3.8, 4) is 16.6 Å². The predicted molar refractivity (Wildman–Crippen MR) is 125 cm³/mol. The van der Waals surface area contributed by atoms with E-state index in [-0.39, 0.29) is 18.2 Å². The molecule has 1 fully saturated rings. The van der Waals surface area contributed by atoms with E-state index < -0.39 is 5.92 Å². The van der Waals surface area contributed by atoms with Crippen molar-refractivity contribution in [2.24, 2.45) is 5.92 Å². The average Bonchev–Trinajstić information content (AvgIpc) is 3.54. The van der Waals surface area contributed by atoms with Gasteiger partial charge in [0.15, 0.2) is 5.76 Å². The third-order valence-electron chi connectivity index (χ3n) is 5.15. The summed E-state index contributed by atoms with van der Waals surface area (Å²) in [5.41, 5.74) is 2.22. The number of furan rings is 1. The highest BCUT2D eigenvalue weighted by molar-refractivity contribution is 9.10. The van der Waals surface area contributed by atoms with Gasteiger partial charge in [0.1, 0.15) is 11.5 Å². The third kappa shape index (κ3) is 3.98. The fourth-order valence-corrected chi connectivity index (χ4v) is 4.80. The number of halogens is 1. The van der Waals surface area contributed by atoms with Gasteiger partial charge in [0, 0.05) is 34.6 Å². The number of nitrogens with one attached hydrogen (secondary N) is 1. The van der Waals surface area contributed by atoms with Gasteiger partial charge in [-0.2, -0.15) is 9.78 Å². The summed E-state index contributed by atoms with van der Waals surface area (Å²) in [5.74, 6) is 0.427. The van der Waals surface area contributed by atoms with Gasteiger partial charge in [0.25, 0.3) is 0 Å². The molecule has 0 saturated carbocycles. The standard InChI is InChI=1S/C22H18BrN5O3S/c1-13-8-19(28(26-13)22-24-17(12-32-22)18-6-3-7-31-18)25-21(30)14-9-20(29)27(11-14)16-5-2-4-15(23)10-16/h2-8,10,12,14H,9,11H2,1H3,(H,25,30). The summed E-state index contributed by atoms with van der Waals surface area (Å²) < 4.78 is 7.89. The summed E-state index contributed by atoms with van der Waals surface area (Å²) in [6.45, 7) is 2.18. The first-order valence-corrected chi connectivity index (χ1v) is 11.6. The molecule has 0 aliphatic carbocycles. The third-order valence-corrected chi connectivity index (χ3v) is 6.45. The van der Waals surface area contributed by atoms with Crippen LogP contribution in [0.25, 0.3) is 16.6 Å². The maximum absolute atomic E-state index is 13.0. The Balaban J connectivity index is 1.34. The number of carbonyl (C=O) groups is 2. The summed E-state index contributed by atoms with van der Waals surface area (Å²) in [6, 6.07) is 12.9. The van der Waals surface area contributed by atoms with Crippen LogP contribution in [0.4, 0.5) is 11.5 Å². The van der Waals surface area contributed by atoms with E-state index in [4.69, 9.17) is 4.42 Å². The molecule has 32 heavy (non-hydrogen) atoms. The Bertz CT molecular complexity index is 1300. The largest absolute Gasteiger partial charge is 0.463 e. The SMILES string of the molecule is Cc1cc(NC(=O)C2CC(=O)N(c3cccc(Br)c3)C2)n(-c2nc(-c3ccco3)cs2)n1. The average molecular weight is 512 g/mol. The normalized spacial score (nSPS) is 16.0. The number of rotatable bonds is 5. The monoisotopic (exact) mass is 511 g/mol. The Hall–Kier alpha value is -3.24. The number of carbonyl (C=O) groups excluding carboxylic acids is 2. The van der Waals surface area contributed by atoms with E-state index in [9.17, 15) is 9.59 Å². The van der Waals surface area contributed by atoms with E-state index >= 15 is 0 Å². The molecule has 10 heteroatoms. The number of hydrogen-bond acceptors (Lipinski definition) is 6. The molecule has 4 aromatic rings. The number of anilines is 2.